The highest BCUT2D eigenvalue weighted by Gasteiger charge is 2.30. The van der Waals surface area contributed by atoms with Gasteiger partial charge in [0.2, 0.25) is 15.9 Å². The number of ether oxygens (including phenoxy) is 3. The van der Waals surface area contributed by atoms with Crippen LogP contribution in [0.3, 0.4) is 0 Å². The van der Waals surface area contributed by atoms with Crippen LogP contribution in [0.4, 0.5) is 5.69 Å². The van der Waals surface area contributed by atoms with E-state index in [2.05, 4.69) is 5.32 Å². The summed E-state index contributed by atoms with van der Waals surface area (Å²) in [5, 5.41) is 2.90. The highest BCUT2D eigenvalue weighted by molar-refractivity contribution is 7.92. The minimum absolute atomic E-state index is 0.363. The van der Waals surface area contributed by atoms with Gasteiger partial charge >= 0.3 is 0 Å². The number of hydrogen-bond donors (Lipinski definition) is 1. The van der Waals surface area contributed by atoms with Crippen molar-refractivity contribution >= 4 is 21.6 Å². The van der Waals surface area contributed by atoms with Gasteiger partial charge in [0.05, 0.1) is 18.0 Å². The Labute approximate surface area is 205 Å². The monoisotopic (exact) mass is 496 g/mol. The normalized spacial score (nSPS) is 14.5. The molecule has 1 aliphatic heterocycles. The largest absolute Gasteiger partial charge is 0.486 e. The first-order valence-corrected chi connectivity index (χ1v) is 13.1. The van der Waals surface area contributed by atoms with Crippen LogP contribution in [0.5, 0.6) is 23.0 Å². The molecule has 184 valence electrons. The standard InChI is InChI=1S/C26H28N2O6S/c1-18(20-9-14-24-25(17-20)33-16-15-32-24)27-26(29)19(2)28(35(3,30)31)21-10-12-23(13-11-21)34-22-7-5-4-6-8-22/h4-14,17-19H,15-16H2,1-3H3,(H,27,29)/t18-,19+/m0/s1. The van der Waals surface area contributed by atoms with E-state index in [4.69, 9.17) is 14.2 Å². The van der Waals surface area contributed by atoms with E-state index in [-0.39, 0.29) is 6.04 Å². The Kier molecular flexibility index (Phi) is 7.16. The summed E-state index contributed by atoms with van der Waals surface area (Å²) in [4.78, 5) is 13.1. The topological polar surface area (TPSA) is 94.2 Å². The summed E-state index contributed by atoms with van der Waals surface area (Å²) in [6, 6.07) is 20.0. The summed E-state index contributed by atoms with van der Waals surface area (Å²) < 4.78 is 43.4. The Morgan fingerprint density at radius 1 is 0.914 bits per heavy atom. The molecule has 1 heterocycles. The molecular weight excluding hydrogens is 468 g/mol. The van der Waals surface area contributed by atoms with Crippen molar-refractivity contribution in [1.29, 1.82) is 0 Å². The molecule has 0 bridgehead atoms. The zero-order chi connectivity index (χ0) is 25.0. The van der Waals surface area contributed by atoms with E-state index in [0.29, 0.717) is 41.9 Å². The maximum absolute atomic E-state index is 13.1. The number of amides is 1. The van der Waals surface area contributed by atoms with Crippen LogP contribution in [0.25, 0.3) is 0 Å². The molecule has 0 radical (unpaired) electrons. The molecule has 0 saturated heterocycles. The van der Waals surface area contributed by atoms with Crippen LogP contribution in [0.2, 0.25) is 0 Å². The fraction of sp³-hybridized carbons (Fsp3) is 0.269. The smallest absolute Gasteiger partial charge is 0.244 e. The SMILES string of the molecule is C[C@H](NC(=O)[C@@H](C)N(c1ccc(Oc2ccccc2)cc1)S(C)(=O)=O)c1ccc2c(c1)OCCO2. The van der Waals surface area contributed by atoms with Gasteiger partial charge in [-0.2, -0.15) is 0 Å². The molecule has 0 fully saturated rings. The lowest BCUT2D eigenvalue weighted by atomic mass is 10.1. The maximum Gasteiger partial charge on any atom is 0.244 e. The third-order valence-electron chi connectivity index (χ3n) is 5.58. The molecule has 0 aromatic heterocycles. The van der Waals surface area contributed by atoms with Crippen molar-refractivity contribution in [2.24, 2.45) is 0 Å². The fourth-order valence-electron chi connectivity index (χ4n) is 3.84. The van der Waals surface area contributed by atoms with Gasteiger partial charge in [-0.3, -0.25) is 9.10 Å². The van der Waals surface area contributed by atoms with Crippen molar-refractivity contribution in [3.63, 3.8) is 0 Å². The number of anilines is 1. The van der Waals surface area contributed by atoms with E-state index in [1.54, 1.807) is 37.3 Å². The summed E-state index contributed by atoms with van der Waals surface area (Å²) >= 11 is 0. The predicted octanol–water partition coefficient (Wildman–Crippen LogP) is 4.28. The van der Waals surface area contributed by atoms with Crippen molar-refractivity contribution in [2.75, 3.05) is 23.8 Å². The van der Waals surface area contributed by atoms with E-state index < -0.39 is 22.0 Å². The van der Waals surface area contributed by atoms with Crippen molar-refractivity contribution in [3.05, 3.63) is 78.4 Å². The molecule has 0 unspecified atom stereocenters. The van der Waals surface area contributed by atoms with Gasteiger partial charge in [-0.15, -0.1) is 0 Å². The van der Waals surface area contributed by atoms with Gasteiger partial charge in [0.15, 0.2) is 11.5 Å². The molecule has 3 aromatic rings. The number of carbonyl (C=O) groups excluding carboxylic acids is 1. The van der Waals surface area contributed by atoms with E-state index >= 15 is 0 Å². The first-order chi connectivity index (χ1) is 16.7. The Morgan fingerprint density at radius 3 is 2.20 bits per heavy atom. The van der Waals surface area contributed by atoms with Gasteiger partial charge in [-0.25, -0.2) is 8.42 Å². The van der Waals surface area contributed by atoms with Crippen molar-refractivity contribution < 1.29 is 27.4 Å². The quantitative estimate of drug-likeness (QED) is 0.500. The zero-order valence-corrected chi connectivity index (χ0v) is 20.6. The Hall–Kier alpha value is -3.72. The van der Waals surface area contributed by atoms with E-state index in [0.717, 1.165) is 16.1 Å². The van der Waals surface area contributed by atoms with E-state index in [1.165, 1.54) is 0 Å². The van der Waals surface area contributed by atoms with Crippen LogP contribution in [0.1, 0.15) is 25.5 Å². The minimum Gasteiger partial charge on any atom is -0.486 e. The average Bonchev–Trinajstić information content (AvgIpc) is 2.84. The van der Waals surface area contributed by atoms with E-state index in [1.807, 2.05) is 49.4 Å². The molecular formula is C26H28N2O6S. The molecule has 4 rings (SSSR count). The first-order valence-electron chi connectivity index (χ1n) is 11.2. The summed E-state index contributed by atoms with van der Waals surface area (Å²) in [5.41, 5.74) is 1.19. The summed E-state index contributed by atoms with van der Waals surface area (Å²) in [5.74, 6) is 2.08. The van der Waals surface area contributed by atoms with Gasteiger partial charge in [0.25, 0.3) is 0 Å². The van der Waals surface area contributed by atoms with Crippen LogP contribution < -0.4 is 23.8 Å². The Bertz CT molecular complexity index is 1280. The molecule has 1 amide bonds. The van der Waals surface area contributed by atoms with Crippen LogP contribution >= 0.6 is 0 Å². The molecule has 0 spiro atoms. The number of carbonyl (C=O) groups is 1. The van der Waals surface area contributed by atoms with Gasteiger partial charge in [-0.05, 0) is 67.9 Å². The van der Waals surface area contributed by atoms with Crippen LogP contribution in [-0.2, 0) is 14.8 Å². The number of fused-ring (bicyclic) bond motifs is 1. The molecule has 0 aliphatic carbocycles. The molecule has 2 atom stereocenters. The number of benzene rings is 3. The number of nitrogens with zero attached hydrogens (tertiary/aromatic N) is 1. The minimum atomic E-state index is -3.75. The third-order valence-corrected chi connectivity index (χ3v) is 6.83. The molecule has 3 aromatic carbocycles. The lowest BCUT2D eigenvalue weighted by Crippen LogP contribution is -2.48. The van der Waals surface area contributed by atoms with Crippen LogP contribution in [0, 0.1) is 0 Å². The number of rotatable bonds is 8. The van der Waals surface area contributed by atoms with Gasteiger partial charge < -0.3 is 19.5 Å². The number of sulfonamides is 1. The van der Waals surface area contributed by atoms with Crippen molar-refractivity contribution in [2.45, 2.75) is 25.9 Å². The molecule has 9 heteroatoms. The summed E-state index contributed by atoms with van der Waals surface area (Å²) in [7, 11) is -3.75. The maximum atomic E-state index is 13.1. The first kappa shape index (κ1) is 24.4. The Balaban J connectivity index is 1.48. The van der Waals surface area contributed by atoms with Crippen LogP contribution in [-0.4, -0.2) is 39.8 Å². The highest BCUT2D eigenvalue weighted by atomic mass is 32.2. The van der Waals surface area contributed by atoms with Crippen LogP contribution in [0.15, 0.2) is 72.8 Å². The van der Waals surface area contributed by atoms with Gasteiger partial charge in [0.1, 0.15) is 30.8 Å². The zero-order valence-electron chi connectivity index (χ0n) is 19.8. The molecule has 0 saturated carbocycles. The number of para-hydroxylation sites is 1. The highest BCUT2D eigenvalue weighted by Crippen LogP contribution is 2.33. The molecule has 1 aliphatic rings. The second kappa shape index (κ2) is 10.3. The molecule has 8 nitrogen and oxygen atoms in total. The van der Waals surface area contributed by atoms with Crippen molar-refractivity contribution in [3.8, 4) is 23.0 Å². The Morgan fingerprint density at radius 2 is 1.54 bits per heavy atom. The van der Waals surface area contributed by atoms with Crippen molar-refractivity contribution in [1.82, 2.24) is 5.32 Å². The predicted molar refractivity (Wildman–Crippen MR) is 134 cm³/mol. The fourth-order valence-corrected chi connectivity index (χ4v) is 5.02. The summed E-state index contributed by atoms with van der Waals surface area (Å²) in [6.45, 7) is 4.35. The number of nitrogens with one attached hydrogen (secondary N) is 1. The van der Waals surface area contributed by atoms with E-state index in [9.17, 15) is 13.2 Å². The summed E-state index contributed by atoms with van der Waals surface area (Å²) in [6.07, 6.45) is 1.08. The lowest BCUT2D eigenvalue weighted by molar-refractivity contribution is -0.122. The molecule has 1 N–H and O–H groups in total. The number of hydrogen-bond acceptors (Lipinski definition) is 6. The second-order valence-corrected chi connectivity index (χ2v) is 10.1. The van der Waals surface area contributed by atoms with Gasteiger partial charge in [-0.1, -0.05) is 24.3 Å². The van der Waals surface area contributed by atoms with Gasteiger partial charge in [0, 0.05) is 0 Å². The second-order valence-electron chi connectivity index (χ2n) is 8.28. The average molecular weight is 497 g/mol. The third kappa shape index (κ3) is 5.86. The lowest BCUT2D eigenvalue weighted by Gasteiger charge is -2.29. The molecule has 35 heavy (non-hydrogen) atoms.